The van der Waals surface area contributed by atoms with Crippen LogP contribution in [0.1, 0.15) is 0 Å². The summed E-state index contributed by atoms with van der Waals surface area (Å²) in [6.45, 7) is 3.35. The van der Waals surface area contributed by atoms with Gasteiger partial charge in [-0.1, -0.05) is 66.7 Å². The molecule has 0 heterocycles. The van der Waals surface area contributed by atoms with Crippen molar-refractivity contribution in [3.05, 3.63) is 73.3 Å². The fraction of sp³-hybridized carbons (Fsp3) is 0.0667. The van der Waals surface area contributed by atoms with E-state index < -0.39 is 0 Å². The van der Waals surface area contributed by atoms with Gasteiger partial charge in [-0.05, 0) is 11.1 Å². The number of alkyl halides is 1. The maximum absolute atomic E-state index is 5.07. The molecule has 0 aromatic heterocycles. The second-order valence-corrected chi connectivity index (χ2v) is 3.48. The Hall–Kier alpha value is -1.53. The van der Waals surface area contributed by atoms with Crippen molar-refractivity contribution < 1.29 is 0 Å². The fourth-order valence-electron chi connectivity index (χ4n) is 1.26. The van der Waals surface area contributed by atoms with E-state index in [1.807, 2.05) is 12.1 Å². The predicted octanol–water partition coefficient (Wildman–Crippen LogP) is 4.76. The van der Waals surface area contributed by atoms with Gasteiger partial charge in [-0.25, -0.2) is 0 Å². The minimum atomic E-state index is 0.556. The average molecular weight is 231 g/mol. The highest BCUT2D eigenvalue weighted by atomic mass is 35.5. The average Bonchev–Trinajstić information content (AvgIpc) is 2.41. The quantitative estimate of drug-likeness (QED) is 0.515. The van der Waals surface area contributed by atoms with Crippen LogP contribution >= 0.6 is 11.6 Å². The highest BCUT2D eigenvalue weighted by Gasteiger charge is 1.91. The van der Waals surface area contributed by atoms with E-state index in [1.165, 1.54) is 11.1 Å². The molecule has 0 aliphatic heterocycles. The molecular weight excluding hydrogens is 216 g/mol. The van der Waals surface area contributed by atoms with Gasteiger partial charge in [0.25, 0.3) is 0 Å². The lowest BCUT2D eigenvalue weighted by molar-refractivity contribution is 1.62. The maximum atomic E-state index is 5.07. The van der Waals surface area contributed by atoms with Crippen LogP contribution in [0.5, 0.6) is 0 Å². The van der Waals surface area contributed by atoms with Crippen molar-refractivity contribution in [2.75, 3.05) is 5.88 Å². The molecule has 0 nitrogen and oxygen atoms in total. The molecule has 0 aliphatic carbocycles. The van der Waals surface area contributed by atoms with Crippen molar-refractivity contribution in [2.24, 2.45) is 0 Å². The normalized spacial score (nSPS) is 8.81. The summed E-state index contributed by atoms with van der Waals surface area (Å²) in [6.07, 6.45) is 1.64. The first-order chi connectivity index (χ1) is 7.88. The molecule has 1 heteroatoms. The first-order valence-corrected chi connectivity index (χ1v) is 5.69. The number of hydrogen-bond acceptors (Lipinski definition) is 0. The second-order valence-electron chi connectivity index (χ2n) is 3.18. The molecule has 16 heavy (non-hydrogen) atoms. The second kappa shape index (κ2) is 7.72. The molecule has 0 aliphatic rings. The van der Waals surface area contributed by atoms with E-state index >= 15 is 0 Å². The molecule has 0 bridgehead atoms. The number of hydrogen-bond donors (Lipinski definition) is 0. The number of rotatable bonds is 2. The van der Waals surface area contributed by atoms with Gasteiger partial charge in [0.2, 0.25) is 0 Å². The van der Waals surface area contributed by atoms with Crippen molar-refractivity contribution in [3.8, 4) is 11.1 Å². The summed E-state index contributed by atoms with van der Waals surface area (Å²) in [4.78, 5) is 0. The number of halogens is 1. The zero-order valence-electron chi connectivity index (χ0n) is 9.14. The third-order valence-electron chi connectivity index (χ3n) is 1.99. The molecular formula is C15H15Cl. The van der Waals surface area contributed by atoms with Gasteiger partial charge in [-0.3, -0.25) is 0 Å². The SMILES string of the molecule is C=CCCl.c1ccc(-c2ccccc2)cc1. The van der Waals surface area contributed by atoms with Gasteiger partial charge in [0, 0.05) is 5.88 Å². The molecule has 0 saturated carbocycles. The predicted molar refractivity (Wildman–Crippen MR) is 72.8 cm³/mol. The number of benzene rings is 2. The summed E-state index contributed by atoms with van der Waals surface area (Å²) in [7, 11) is 0. The molecule has 0 saturated heterocycles. The molecule has 2 aromatic rings. The van der Waals surface area contributed by atoms with Crippen LogP contribution in [0.25, 0.3) is 11.1 Å². The smallest absolute Gasteiger partial charge is 0.0401 e. The van der Waals surface area contributed by atoms with Crippen LogP contribution in [0.2, 0.25) is 0 Å². The summed E-state index contributed by atoms with van der Waals surface area (Å²) < 4.78 is 0. The zero-order chi connectivity index (χ0) is 11.6. The Balaban J connectivity index is 0.000000280. The standard InChI is InChI=1S/C12H10.C3H5Cl/c1-3-7-11(8-4-1)12-9-5-2-6-10-12;1-2-3-4/h1-10H;2H,1,3H2. The fourth-order valence-corrected chi connectivity index (χ4v) is 1.26. The molecule has 0 radical (unpaired) electrons. The molecule has 0 amide bonds. The first kappa shape index (κ1) is 12.5. The monoisotopic (exact) mass is 230 g/mol. The minimum absolute atomic E-state index is 0.556. The minimum Gasteiger partial charge on any atom is -0.122 e. The van der Waals surface area contributed by atoms with Crippen LogP contribution in [0, 0.1) is 0 Å². The lowest BCUT2D eigenvalue weighted by atomic mass is 10.1. The van der Waals surface area contributed by atoms with E-state index in [9.17, 15) is 0 Å². The molecule has 2 aromatic carbocycles. The summed E-state index contributed by atoms with van der Waals surface area (Å²) in [6, 6.07) is 20.8. The van der Waals surface area contributed by atoms with E-state index in [4.69, 9.17) is 11.6 Å². The summed E-state index contributed by atoms with van der Waals surface area (Å²) in [5, 5.41) is 0. The third-order valence-corrected chi connectivity index (χ3v) is 2.21. The van der Waals surface area contributed by atoms with Gasteiger partial charge in [0.05, 0.1) is 0 Å². The van der Waals surface area contributed by atoms with Gasteiger partial charge < -0.3 is 0 Å². The van der Waals surface area contributed by atoms with E-state index in [0.29, 0.717) is 5.88 Å². The Kier molecular flexibility index (Phi) is 6.05. The molecule has 0 fully saturated rings. The van der Waals surface area contributed by atoms with Crippen molar-refractivity contribution in [1.82, 2.24) is 0 Å². The third kappa shape index (κ3) is 4.33. The lowest BCUT2D eigenvalue weighted by Gasteiger charge is -1.98. The van der Waals surface area contributed by atoms with Gasteiger partial charge in [0.1, 0.15) is 0 Å². The highest BCUT2D eigenvalue weighted by Crippen LogP contribution is 2.17. The zero-order valence-corrected chi connectivity index (χ0v) is 9.90. The van der Waals surface area contributed by atoms with Crippen molar-refractivity contribution >= 4 is 11.6 Å². The highest BCUT2D eigenvalue weighted by molar-refractivity contribution is 6.18. The summed E-state index contributed by atoms with van der Waals surface area (Å²) in [5.74, 6) is 0.556. The Labute approximate surface area is 102 Å². The first-order valence-electron chi connectivity index (χ1n) is 5.16. The lowest BCUT2D eigenvalue weighted by Crippen LogP contribution is -1.73. The van der Waals surface area contributed by atoms with Crippen LogP contribution in [-0.4, -0.2) is 5.88 Å². The van der Waals surface area contributed by atoms with E-state index in [-0.39, 0.29) is 0 Å². The van der Waals surface area contributed by atoms with Gasteiger partial charge in [0.15, 0.2) is 0 Å². The Bertz CT molecular complexity index is 355. The van der Waals surface area contributed by atoms with Crippen LogP contribution in [0.15, 0.2) is 73.3 Å². The van der Waals surface area contributed by atoms with Crippen LogP contribution in [-0.2, 0) is 0 Å². The van der Waals surface area contributed by atoms with Crippen molar-refractivity contribution in [3.63, 3.8) is 0 Å². The van der Waals surface area contributed by atoms with Crippen molar-refractivity contribution in [1.29, 1.82) is 0 Å². The van der Waals surface area contributed by atoms with Gasteiger partial charge in [-0.2, -0.15) is 0 Å². The van der Waals surface area contributed by atoms with E-state index in [2.05, 4.69) is 55.1 Å². The molecule has 0 unspecified atom stereocenters. The summed E-state index contributed by atoms with van der Waals surface area (Å²) >= 11 is 5.07. The largest absolute Gasteiger partial charge is 0.122 e. The molecule has 0 spiro atoms. The van der Waals surface area contributed by atoms with Crippen LogP contribution < -0.4 is 0 Å². The van der Waals surface area contributed by atoms with Gasteiger partial charge in [-0.15, -0.1) is 18.2 Å². The molecule has 0 N–H and O–H groups in total. The van der Waals surface area contributed by atoms with Crippen molar-refractivity contribution in [2.45, 2.75) is 0 Å². The molecule has 0 atom stereocenters. The summed E-state index contributed by atoms with van der Waals surface area (Å²) in [5.41, 5.74) is 2.55. The van der Waals surface area contributed by atoms with Crippen LogP contribution in [0.3, 0.4) is 0 Å². The Morgan fingerprint density at radius 1 is 0.812 bits per heavy atom. The Morgan fingerprint density at radius 2 is 1.12 bits per heavy atom. The van der Waals surface area contributed by atoms with Crippen LogP contribution in [0.4, 0.5) is 0 Å². The Morgan fingerprint density at radius 3 is 1.38 bits per heavy atom. The molecule has 82 valence electrons. The number of allylic oxidation sites excluding steroid dienone is 1. The van der Waals surface area contributed by atoms with Gasteiger partial charge >= 0.3 is 0 Å². The van der Waals surface area contributed by atoms with E-state index in [1.54, 1.807) is 6.08 Å². The molecule has 2 rings (SSSR count). The maximum Gasteiger partial charge on any atom is 0.0401 e. The topological polar surface area (TPSA) is 0 Å². The van der Waals surface area contributed by atoms with E-state index in [0.717, 1.165) is 0 Å².